The van der Waals surface area contributed by atoms with Crippen molar-refractivity contribution in [2.24, 2.45) is 0 Å². The molecule has 1 heterocycles. The van der Waals surface area contributed by atoms with Gasteiger partial charge in [-0.25, -0.2) is 0 Å². The number of hydrogen-bond donors (Lipinski definition) is 0. The molecule has 2 rings (SSSR count). The van der Waals surface area contributed by atoms with Crippen molar-refractivity contribution in [1.82, 2.24) is 0 Å². The maximum atomic E-state index is 6.00. The molecule has 0 unspecified atom stereocenters. The summed E-state index contributed by atoms with van der Waals surface area (Å²) in [5.41, 5.74) is 0. The van der Waals surface area contributed by atoms with Crippen molar-refractivity contribution in [3.8, 4) is 17.2 Å². The van der Waals surface area contributed by atoms with Crippen LogP contribution in [-0.4, -0.2) is 20.3 Å². The van der Waals surface area contributed by atoms with Gasteiger partial charge in [-0.1, -0.05) is 11.6 Å². The molecule has 1 aromatic rings. The summed E-state index contributed by atoms with van der Waals surface area (Å²) in [6, 6.07) is 3.55. The fraction of sp³-hybridized carbons (Fsp3) is 0.333. The summed E-state index contributed by atoms with van der Waals surface area (Å²) in [5, 5.41) is 0.472. The van der Waals surface area contributed by atoms with E-state index in [-0.39, 0.29) is 0 Å². The highest BCUT2D eigenvalue weighted by atomic mass is 35.5. The monoisotopic (exact) mass is 200 g/mol. The largest absolute Gasteiger partial charge is 0.495 e. The maximum Gasteiger partial charge on any atom is 0.183 e. The van der Waals surface area contributed by atoms with Gasteiger partial charge in [-0.3, -0.25) is 0 Å². The molecule has 1 aliphatic rings. The lowest BCUT2D eigenvalue weighted by Crippen LogP contribution is -2.15. The van der Waals surface area contributed by atoms with Crippen molar-refractivity contribution in [3.63, 3.8) is 0 Å². The highest BCUT2D eigenvalue weighted by molar-refractivity contribution is 6.33. The minimum absolute atomic E-state index is 0.472. The number of benzene rings is 1. The van der Waals surface area contributed by atoms with E-state index >= 15 is 0 Å². The molecule has 1 aliphatic heterocycles. The minimum atomic E-state index is 0.472. The molecule has 0 amide bonds. The molecule has 13 heavy (non-hydrogen) atoms. The van der Waals surface area contributed by atoms with E-state index in [1.807, 2.05) is 0 Å². The number of ether oxygens (including phenoxy) is 3. The van der Waals surface area contributed by atoms with Crippen molar-refractivity contribution in [2.45, 2.75) is 0 Å². The SMILES string of the molecule is COc1ccc2c(c1Cl)OCCO2. The van der Waals surface area contributed by atoms with Crippen molar-refractivity contribution in [2.75, 3.05) is 20.3 Å². The lowest BCUT2D eigenvalue weighted by molar-refractivity contribution is 0.171. The lowest BCUT2D eigenvalue weighted by atomic mass is 10.3. The summed E-state index contributed by atoms with van der Waals surface area (Å²) in [7, 11) is 1.57. The topological polar surface area (TPSA) is 27.7 Å². The van der Waals surface area contributed by atoms with Crippen LogP contribution in [0.25, 0.3) is 0 Å². The van der Waals surface area contributed by atoms with Gasteiger partial charge in [-0.05, 0) is 12.1 Å². The second-order valence-corrected chi connectivity index (χ2v) is 2.98. The van der Waals surface area contributed by atoms with E-state index in [4.69, 9.17) is 25.8 Å². The van der Waals surface area contributed by atoms with E-state index in [2.05, 4.69) is 0 Å². The Morgan fingerprint density at radius 3 is 2.85 bits per heavy atom. The fourth-order valence-electron chi connectivity index (χ4n) is 1.22. The first-order chi connectivity index (χ1) is 6.33. The molecule has 70 valence electrons. The number of rotatable bonds is 1. The second-order valence-electron chi connectivity index (χ2n) is 2.61. The van der Waals surface area contributed by atoms with E-state index in [1.165, 1.54) is 0 Å². The Balaban J connectivity index is 2.48. The van der Waals surface area contributed by atoms with Crippen molar-refractivity contribution in [1.29, 1.82) is 0 Å². The van der Waals surface area contributed by atoms with Gasteiger partial charge in [-0.2, -0.15) is 0 Å². The molecule has 0 radical (unpaired) electrons. The van der Waals surface area contributed by atoms with Gasteiger partial charge in [0.15, 0.2) is 11.5 Å². The third kappa shape index (κ3) is 1.40. The molecular formula is C9H9ClO3. The smallest absolute Gasteiger partial charge is 0.183 e. The quantitative estimate of drug-likeness (QED) is 0.695. The van der Waals surface area contributed by atoms with Gasteiger partial charge < -0.3 is 14.2 Å². The van der Waals surface area contributed by atoms with E-state index in [0.29, 0.717) is 35.5 Å². The third-order valence-corrected chi connectivity index (χ3v) is 2.19. The Bertz CT molecular complexity index is 325. The summed E-state index contributed by atoms with van der Waals surface area (Å²) in [6.07, 6.45) is 0. The van der Waals surface area contributed by atoms with Crippen LogP contribution in [0.3, 0.4) is 0 Å². The average molecular weight is 201 g/mol. The Labute approximate surface area is 81.2 Å². The molecule has 0 aromatic heterocycles. The molecule has 0 bridgehead atoms. The molecule has 0 atom stereocenters. The molecule has 0 aliphatic carbocycles. The molecule has 0 saturated carbocycles. The van der Waals surface area contributed by atoms with Crippen molar-refractivity contribution in [3.05, 3.63) is 17.2 Å². The van der Waals surface area contributed by atoms with Gasteiger partial charge in [0, 0.05) is 0 Å². The molecular weight excluding hydrogens is 192 g/mol. The lowest BCUT2D eigenvalue weighted by Gasteiger charge is -2.20. The Morgan fingerprint density at radius 1 is 1.31 bits per heavy atom. The Kier molecular flexibility index (Phi) is 2.19. The third-order valence-electron chi connectivity index (χ3n) is 1.83. The number of methoxy groups -OCH3 is 1. The van der Waals surface area contributed by atoms with Crippen LogP contribution >= 0.6 is 11.6 Å². The zero-order chi connectivity index (χ0) is 9.26. The van der Waals surface area contributed by atoms with E-state index in [1.54, 1.807) is 19.2 Å². The van der Waals surface area contributed by atoms with E-state index in [0.717, 1.165) is 0 Å². The van der Waals surface area contributed by atoms with E-state index in [9.17, 15) is 0 Å². The van der Waals surface area contributed by atoms with E-state index < -0.39 is 0 Å². The standard InChI is InChI=1S/C9H9ClO3/c1-11-6-2-3-7-9(8(6)10)13-5-4-12-7/h2-3H,4-5H2,1H3. The number of halogens is 1. The molecule has 0 N–H and O–H groups in total. The summed E-state index contributed by atoms with van der Waals surface area (Å²) in [5.74, 6) is 1.86. The van der Waals surface area contributed by atoms with Gasteiger partial charge in [0.2, 0.25) is 0 Å². The fourth-order valence-corrected chi connectivity index (χ4v) is 1.51. The van der Waals surface area contributed by atoms with Crippen molar-refractivity contribution < 1.29 is 14.2 Å². The van der Waals surface area contributed by atoms with Gasteiger partial charge in [0.1, 0.15) is 24.0 Å². The first-order valence-electron chi connectivity index (χ1n) is 3.95. The predicted octanol–water partition coefficient (Wildman–Crippen LogP) is 2.12. The average Bonchev–Trinajstić information content (AvgIpc) is 2.19. The highest BCUT2D eigenvalue weighted by Crippen LogP contribution is 2.42. The van der Waals surface area contributed by atoms with Gasteiger partial charge in [0.05, 0.1) is 7.11 Å². The minimum Gasteiger partial charge on any atom is -0.495 e. The molecule has 4 heteroatoms. The Hall–Kier alpha value is -1.09. The van der Waals surface area contributed by atoms with Crippen LogP contribution in [0.2, 0.25) is 5.02 Å². The van der Waals surface area contributed by atoms with Gasteiger partial charge in [-0.15, -0.1) is 0 Å². The predicted molar refractivity (Wildman–Crippen MR) is 49.0 cm³/mol. The van der Waals surface area contributed by atoms with Crippen LogP contribution in [-0.2, 0) is 0 Å². The van der Waals surface area contributed by atoms with Crippen LogP contribution in [0.1, 0.15) is 0 Å². The van der Waals surface area contributed by atoms with Crippen LogP contribution in [0.15, 0.2) is 12.1 Å². The number of hydrogen-bond acceptors (Lipinski definition) is 3. The Morgan fingerprint density at radius 2 is 2.08 bits per heavy atom. The zero-order valence-corrected chi connectivity index (χ0v) is 7.93. The molecule has 0 fully saturated rings. The summed E-state index contributed by atoms with van der Waals surface area (Å²) in [6.45, 7) is 1.09. The maximum absolute atomic E-state index is 6.00. The summed E-state index contributed by atoms with van der Waals surface area (Å²) in [4.78, 5) is 0. The van der Waals surface area contributed by atoms with Gasteiger partial charge in [0.25, 0.3) is 0 Å². The summed E-state index contributed by atoms with van der Waals surface area (Å²) >= 11 is 6.00. The van der Waals surface area contributed by atoms with Crippen molar-refractivity contribution >= 4 is 11.6 Å². The molecule has 0 spiro atoms. The number of fused-ring (bicyclic) bond motifs is 1. The normalized spacial score (nSPS) is 14.0. The van der Waals surface area contributed by atoms with Crippen LogP contribution in [0.5, 0.6) is 17.2 Å². The van der Waals surface area contributed by atoms with Gasteiger partial charge >= 0.3 is 0 Å². The highest BCUT2D eigenvalue weighted by Gasteiger charge is 2.18. The first kappa shape index (κ1) is 8.51. The molecule has 3 nitrogen and oxygen atoms in total. The molecule has 0 saturated heterocycles. The van der Waals surface area contributed by atoms with Crippen LogP contribution < -0.4 is 14.2 Å². The zero-order valence-electron chi connectivity index (χ0n) is 7.17. The summed E-state index contributed by atoms with van der Waals surface area (Å²) < 4.78 is 15.7. The molecule has 1 aromatic carbocycles. The second kappa shape index (κ2) is 3.34. The van der Waals surface area contributed by atoms with Crippen LogP contribution in [0, 0.1) is 0 Å². The first-order valence-corrected chi connectivity index (χ1v) is 4.33. The van der Waals surface area contributed by atoms with Crippen LogP contribution in [0.4, 0.5) is 0 Å².